The van der Waals surface area contributed by atoms with E-state index < -0.39 is 22.4 Å². The molecule has 2 heterocycles. The van der Waals surface area contributed by atoms with Crippen molar-refractivity contribution in [1.82, 2.24) is 0 Å². The van der Waals surface area contributed by atoms with E-state index >= 15 is 0 Å². The molecule has 190 valence electrons. The number of anilines is 1. The van der Waals surface area contributed by atoms with Crippen LogP contribution in [0.3, 0.4) is 0 Å². The summed E-state index contributed by atoms with van der Waals surface area (Å²) in [6.45, 7) is 5.00. The molecule has 4 aromatic rings. The van der Waals surface area contributed by atoms with Gasteiger partial charge in [-0.15, -0.1) is 11.3 Å². The van der Waals surface area contributed by atoms with Crippen LogP contribution in [0.4, 0.5) is 10.7 Å². The monoisotopic (exact) mass is 522 g/mol. The van der Waals surface area contributed by atoms with E-state index in [2.05, 4.69) is 5.32 Å². The third kappa shape index (κ3) is 5.51. The molecule has 0 saturated carbocycles. The fraction of sp³-hybridized carbons (Fsp3) is 0.192. The molecule has 0 saturated heterocycles. The van der Waals surface area contributed by atoms with Crippen molar-refractivity contribution in [3.63, 3.8) is 0 Å². The molecule has 2 aromatic carbocycles. The lowest BCUT2D eigenvalue weighted by molar-refractivity contribution is -0.384. The number of nitrogens with zero attached hydrogens (tertiary/aromatic N) is 1. The quantitative estimate of drug-likeness (QED) is 0.143. The predicted molar refractivity (Wildman–Crippen MR) is 138 cm³/mol. The Hall–Kier alpha value is -4.51. The Kier molecular flexibility index (Phi) is 7.35. The molecular weight excluding hydrogens is 500 g/mol. The second kappa shape index (κ2) is 10.6. The first kappa shape index (κ1) is 25.6. The highest BCUT2D eigenvalue weighted by atomic mass is 32.1. The number of benzene rings is 2. The maximum absolute atomic E-state index is 12.8. The summed E-state index contributed by atoms with van der Waals surface area (Å²) in [7, 11) is 0. The van der Waals surface area contributed by atoms with Crippen LogP contribution in [0.2, 0.25) is 0 Å². The van der Waals surface area contributed by atoms with E-state index in [0.29, 0.717) is 27.3 Å². The molecule has 0 radical (unpaired) electrons. The van der Waals surface area contributed by atoms with E-state index in [9.17, 15) is 24.5 Å². The minimum Gasteiger partial charge on any atom is -0.484 e. The number of hydrogen-bond donors (Lipinski definition) is 1. The number of hydrogen-bond acceptors (Lipinski definition) is 9. The standard InChI is InChI=1S/C26H22N2O8S/c1-4-34-26(31)24-23(16-5-7-17(8-6-16)28(32)33)15(3)37-25(24)27-21(29)13-35-18-9-10-19-14(2)11-22(30)36-20(19)12-18/h5-12H,4,13H2,1-3H3,(H,27,29). The number of nitro benzene ring substituents is 1. The Bertz CT molecular complexity index is 1570. The second-order valence-electron chi connectivity index (χ2n) is 8.01. The van der Waals surface area contributed by atoms with Crippen molar-refractivity contribution >= 4 is 44.9 Å². The van der Waals surface area contributed by atoms with Crippen molar-refractivity contribution < 1.29 is 28.4 Å². The molecule has 0 spiro atoms. The smallest absolute Gasteiger partial charge is 0.341 e. The Labute approximate surface area is 214 Å². The molecule has 4 rings (SSSR count). The fourth-order valence-corrected chi connectivity index (χ4v) is 4.92. The number of amides is 1. The number of nitrogens with one attached hydrogen (secondary N) is 1. The van der Waals surface area contributed by atoms with Gasteiger partial charge in [-0.05, 0) is 56.2 Å². The normalized spacial score (nSPS) is 10.8. The number of rotatable bonds is 8. The van der Waals surface area contributed by atoms with Gasteiger partial charge in [0.15, 0.2) is 6.61 Å². The number of thiophene rings is 1. The zero-order valence-corrected chi connectivity index (χ0v) is 21.0. The molecule has 0 fully saturated rings. The summed E-state index contributed by atoms with van der Waals surface area (Å²) in [4.78, 5) is 48.5. The predicted octanol–water partition coefficient (Wildman–Crippen LogP) is 5.24. The average Bonchev–Trinajstić information content (AvgIpc) is 3.17. The first-order valence-corrected chi connectivity index (χ1v) is 12.0. The van der Waals surface area contributed by atoms with Crippen LogP contribution in [0.1, 0.15) is 27.7 Å². The molecule has 1 amide bonds. The third-order valence-electron chi connectivity index (χ3n) is 5.48. The third-order valence-corrected chi connectivity index (χ3v) is 6.50. The van der Waals surface area contributed by atoms with Gasteiger partial charge >= 0.3 is 11.6 Å². The highest BCUT2D eigenvalue weighted by Gasteiger charge is 2.26. The van der Waals surface area contributed by atoms with Gasteiger partial charge in [0.05, 0.1) is 11.5 Å². The number of fused-ring (bicyclic) bond motifs is 1. The van der Waals surface area contributed by atoms with Crippen LogP contribution in [0.5, 0.6) is 5.75 Å². The number of esters is 1. The van der Waals surface area contributed by atoms with Gasteiger partial charge in [0.1, 0.15) is 21.9 Å². The fourth-order valence-electron chi connectivity index (χ4n) is 3.83. The Morgan fingerprint density at radius 3 is 2.51 bits per heavy atom. The van der Waals surface area contributed by atoms with Gasteiger partial charge in [-0.1, -0.05) is 0 Å². The van der Waals surface area contributed by atoms with Gasteiger partial charge in [-0.25, -0.2) is 9.59 Å². The van der Waals surface area contributed by atoms with E-state index in [1.807, 2.05) is 0 Å². The summed E-state index contributed by atoms with van der Waals surface area (Å²) in [6, 6.07) is 12.1. The average molecular weight is 523 g/mol. The lowest BCUT2D eigenvalue weighted by Crippen LogP contribution is -2.21. The summed E-state index contributed by atoms with van der Waals surface area (Å²) in [5, 5.41) is 14.8. The maximum atomic E-state index is 12.8. The first-order valence-electron chi connectivity index (χ1n) is 11.2. The minimum absolute atomic E-state index is 0.0804. The maximum Gasteiger partial charge on any atom is 0.341 e. The number of carbonyl (C=O) groups is 2. The number of ether oxygens (including phenoxy) is 2. The molecule has 0 aliphatic carbocycles. The number of nitro groups is 1. The first-order chi connectivity index (χ1) is 17.7. The zero-order valence-electron chi connectivity index (χ0n) is 20.2. The van der Waals surface area contributed by atoms with Crippen LogP contribution >= 0.6 is 11.3 Å². The van der Waals surface area contributed by atoms with Gasteiger partial charge in [0.2, 0.25) is 0 Å². The van der Waals surface area contributed by atoms with E-state index in [4.69, 9.17) is 13.9 Å². The SMILES string of the molecule is CCOC(=O)c1c(NC(=O)COc2ccc3c(C)cc(=O)oc3c2)sc(C)c1-c1ccc([N+](=O)[O-])cc1. The summed E-state index contributed by atoms with van der Waals surface area (Å²) in [5.41, 5.74) is 1.80. The van der Waals surface area contributed by atoms with E-state index in [0.717, 1.165) is 10.9 Å². The highest BCUT2D eigenvalue weighted by Crippen LogP contribution is 2.41. The van der Waals surface area contributed by atoms with E-state index in [1.54, 1.807) is 45.0 Å². The molecule has 2 aromatic heterocycles. The van der Waals surface area contributed by atoms with Crippen LogP contribution in [0.15, 0.2) is 57.7 Å². The van der Waals surface area contributed by atoms with Gasteiger partial charge in [-0.2, -0.15) is 0 Å². The summed E-state index contributed by atoms with van der Waals surface area (Å²) in [5.74, 6) is -0.819. The van der Waals surface area contributed by atoms with Gasteiger partial charge < -0.3 is 19.2 Å². The van der Waals surface area contributed by atoms with Gasteiger partial charge in [0, 0.05) is 40.1 Å². The molecule has 0 aliphatic rings. The molecule has 0 atom stereocenters. The van der Waals surface area contributed by atoms with Crippen LogP contribution in [0, 0.1) is 24.0 Å². The van der Waals surface area contributed by atoms with Crippen LogP contribution in [0.25, 0.3) is 22.1 Å². The summed E-state index contributed by atoms with van der Waals surface area (Å²) in [6.07, 6.45) is 0. The lowest BCUT2D eigenvalue weighted by Gasteiger charge is -2.10. The Morgan fingerprint density at radius 1 is 1.11 bits per heavy atom. The second-order valence-corrected chi connectivity index (χ2v) is 9.23. The summed E-state index contributed by atoms with van der Waals surface area (Å²) >= 11 is 1.18. The molecule has 0 unspecified atom stereocenters. The molecule has 10 nitrogen and oxygen atoms in total. The molecule has 37 heavy (non-hydrogen) atoms. The van der Waals surface area contributed by atoms with Gasteiger partial charge in [-0.3, -0.25) is 14.9 Å². The van der Waals surface area contributed by atoms with Crippen LogP contribution in [-0.4, -0.2) is 30.0 Å². The van der Waals surface area contributed by atoms with Crippen LogP contribution < -0.4 is 15.7 Å². The largest absolute Gasteiger partial charge is 0.484 e. The van der Waals surface area contributed by atoms with Crippen molar-refractivity contribution in [3.8, 4) is 16.9 Å². The van der Waals surface area contributed by atoms with Crippen molar-refractivity contribution in [2.75, 3.05) is 18.5 Å². The zero-order chi connectivity index (χ0) is 26.7. The Morgan fingerprint density at radius 2 is 1.84 bits per heavy atom. The van der Waals surface area contributed by atoms with Crippen molar-refractivity contribution in [3.05, 3.63) is 85.1 Å². The lowest BCUT2D eigenvalue weighted by atomic mass is 10.0. The van der Waals surface area contributed by atoms with Crippen molar-refractivity contribution in [2.45, 2.75) is 20.8 Å². The molecule has 11 heteroatoms. The molecule has 1 N–H and O–H groups in total. The Balaban J connectivity index is 1.57. The molecule has 0 bridgehead atoms. The van der Waals surface area contributed by atoms with Crippen LogP contribution in [-0.2, 0) is 9.53 Å². The van der Waals surface area contributed by atoms with Gasteiger partial charge in [0.25, 0.3) is 11.6 Å². The van der Waals surface area contributed by atoms with Crippen molar-refractivity contribution in [1.29, 1.82) is 0 Å². The highest BCUT2D eigenvalue weighted by molar-refractivity contribution is 7.17. The molecule has 0 aliphatic heterocycles. The number of carbonyl (C=O) groups excluding carboxylic acids is 2. The minimum atomic E-state index is -0.628. The number of non-ortho nitro benzene ring substituents is 1. The van der Waals surface area contributed by atoms with E-state index in [1.165, 1.54) is 35.6 Å². The number of aryl methyl sites for hydroxylation is 2. The van der Waals surface area contributed by atoms with Crippen molar-refractivity contribution in [2.24, 2.45) is 0 Å². The topological polar surface area (TPSA) is 138 Å². The summed E-state index contributed by atoms with van der Waals surface area (Å²) < 4.78 is 16.0. The van der Waals surface area contributed by atoms with E-state index in [-0.39, 0.29) is 29.5 Å². The molecular formula is C26H22N2O8S.